The Bertz CT molecular complexity index is 363. The molecule has 0 aliphatic rings. The number of carbonyl (C=O) groups excluding carboxylic acids is 1. The molecule has 0 heterocycles. The smallest absolute Gasteiger partial charge is 0.147 e. The first-order valence-electron chi connectivity index (χ1n) is 5.58. The lowest BCUT2D eigenvalue weighted by Crippen LogP contribution is -2.14. The summed E-state index contributed by atoms with van der Waals surface area (Å²) in [6.45, 7) is 8.47. The third-order valence-corrected chi connectivity index (χ3v) is 3.65. The zero-order valence-corrected chi connectivity index (χ0v) is 11.4. The third kappa shape index (κ3) is 4.84. The van der Waals surface area contributed by atoms with Crippen molar-refractivity contribution in [2.45, 2.75) is 38.9 Å². The van der Waals surface area contributed by atoms with Crippen LogP contribution in [0.5, 0.6) is 0 Å². The van der Waals surface area contributed by atoms with Crippen LogP contribution in [0.4, 0.5) is 0 Å². The maximum Gasteiger partial charge on any atom is 0.147 e. The van der Waals surface area contributed by atoms with Crippen molar-refractivity contribution in [3.8, 4) is 0 Å². The summed E-state index contributed by atoms with van der Waals surface area (Å²) in [5.41, 5.74) is 2.36. The van der Waals surface area contributed by atoms with E-state index in [9.17, 15) is 4.79 Å². The molecule has 0 radical (unpaired) electrons. The Morgan fingerprint density at radius 1 is 1.25 bits per heavy atom. The summed E-state index contributed by atoms with van der Waals surface area (Å²) in [5, 5.41) is 0. The van der Waals surface area contributed by atoms with Crippen molar-refractivity contribution < 1.29 is 4.79 Å². The second-order valence-electron chi connectivity index (χ2n) is 5.04. The van der Waals surface area contributed by atoms with E-state index in [-0.39, 0.29) is 4.75 Å². The molecule has 0 aromatic heterocycles. The molecule has 0 atom stereocenters. The number of ketones is 1. The number of thioether (sulfide) groups is 1. The van der Waals surface area contributed by atoms with E-state index in [0.717, 1.165) is 5.56 Å². The minimum Gasteiger partial charge on any atom is -0.298 e. The summed E-state index contributed by atoms with van der Waals surface area (Å²) in [6, 6.07) is 8.09. The van der Waals surface area contributed by atoms with Gasteiger partial charge >= 0.3 is 0 Å². The van der Waals surface area contributed by atoms with Crippen molar-refractivity contribution in [1.82, 2.24) is 0 Å². The Balaban J connectivity index is 2.50. The van der Waals surface area contributed by atoms with Crippen LogP contribution >= 0.6 is 11.8 Å². The first-order valence-corrected chi connectivity index (χ1v) is 6.57. The van der Waals surface area contributed by atoms with Crippen LogP contribution in [0.2, 0.25) is 0 Å². The van der Waals surface area contributed by atoms with Gasteiger partial charge in [-0.3, -0.25) is 4.79 Å². The largest absolute Gasteiger partial charge is 0.298 e. The molecule has 0 saturated heterocycles. The Morgan fingerprint density at radius 2 is 1.88 bits per heavy atom. The highest BCUT2D eigenvalue weighted by molar-refractivity contribution is 8.01. The molecular formula is C14H20OS. The molecule has 0 bridgehead atoms. The SMILES string of the molecule is Cc1ccccc1CC(=O)CSC(C)(C)C. The van der Waals surface area contributed by atoms with E-state index >= 15 is 0 Å². The van der Waals surface area contributed by atoms with Crippen LogP contribution in [0.3, 0.4) is 0 Å². The lowest BCUT2D eigenvalue weighted by atomic mass is 10.0. The van der Waals surface area contributed by atoms with E-state index in [2.05, 4.69) is 33.8 Å². The van der Waals surface area contributed by atoms with Gasteiger partial charge in [0.15, 0.2) is 0 Å². The molecule has 0 N–H and O–H groups in total. The van der Waals surface area contributed by atoms with Gasteiger partial charge in [-0.2, -0.15) is 0 Å². The molecule has 1 rings (SSSR count). The fourth-order valence-electron chi connectivity index (χ4n) is 1.37. The second-order valence-corrected chi connectivity index (χ2v) is 6.85. The van der Waals surface area contributed by atoms with Crippen LogP contribution in [0.15, 0.2) is 24.3 Å². The molecule has 2 heteroatoms. The molecule has 1 aromatic carbocycles. The van der Waals surface area contributed by atoms with Gasteiger partial charge in [-0.05, 0) is 18.1 Å². The maximum absolute atomic E-state index is 11.8. The monoisotopic (exact) mass is 236 g/mol. The van der Waals surface area contributed by atoms with Gasteiger partial charge in [0.25, 0.3) is 0 Å². The van der Waals surface area contributed by atoms with E-state index < -0.39 is 0 Å². The number of hydrogen-bond donors (Lipinski definition) is 0. The highest BCUT2D eigenvalue weighted by atomic mass is 32.2. The van der Waals surface area contributed by atoms with Crippen molar-refractivity contribution >= 4 is 17.5 Å². The van der Waals surface area contributed by atoms with Crippen LogP contribution in [0.1, 0.15) is 31.9 Å². The van der Waals surface area contributed by atoms with Gasteiger partial charge in [-0.25, -0.2) is 0 Å². The van der Waals surface area contributed by atoms with Gasteiger partial charge in [0, 0.05) is 11.2 Å². The van der Waals surface area contributed by atoms with Gasteiger partial charge < -0.3 is 0 Å². The summed E-state index contributed by atoms with van der Waals surface area (Å²) in [6.07, 6.45) is 0.565. The maximum atomic E-state index is 11.8. The number of hydrogen-bond acceptors (Lipinski definition) is 2. The Labute approximate surface area is 103 Å². The number of Topliss-reactive ketones (excluding diaryl/α,β-unsaturated/α-hetero) is 1. The quantitative estimate of drug-likeness (QED) is 0.794. The van der Waals surface area contributed by atoms with E-state index in [1.54, 1.807) is 11.8 Å². The van der Waals surface area contributed by atoms with Gasteiger partial charge in [0.1, 0.15) is 5.78 Å². The molecule has 0 aliphatic carbocycles. The van der Waals surface area contributed by atoms with Crippen molar-refractivity contribution in [1.29, 1.82) is 0 Å². The van der Waals surface area contributed by atoms with Gasteiger partial charge in [-0.15, -0.1) is 11.8 Å². The van der Waals surface area contributed by atoms with Crippen molar-refractivity contribution in [2.24, 2.45) is 0 Å². The van der Waals surface area contributed by atoms with E-state index in [0.29, 0.717) is 18.0 Å². The van der Waals surface area contributed by atoms with Crippen LogP contribution < -0.4 is 0 Å². The molecule has 0 unspecified atom stereocenters. The summed E-state index contributed by atoms with van der Waals surface area (Å²) in [4.78, 5) is 11.8. The molecule has 0 saturated carbocycles. The minimum absolute atomic E-state index is 0.168. The fraction of sp³-hybridized carbons (Fsp3) is 0.500. The highest BCUT2D eigenvalue weighted by Gasteiger charge is 2.13. The third-order valence-electron chi connectivity index (χ3n) is 2.32. The first kappa shape index (κ1) is 13.3. The van der Waals surface area contributed by atoms with Gasteiger partial charge in [-0.1, -0.05) is 45.0 Å². The molecule has 0 spiro atoms. The Hall–Kier alpha value is -0.760. The molecule has 1 aromatic rings. The minimum atomic E-state index is 0.168. The zero-order chi connectivity index (χ0) is 12.2. The normalized spacial score (nSPS) is 11.5. The average molecular weight is 236 g/mol. The zero-order valence-electron chi connectivity index (χ0n) is 10.5. The van der Waals surface area contributed by atoms with E-state index in [4.69, 9.17) is 0 Å². The van der Waals surface area contributed by atoms with Crippen molar-refractivity contribution in [2.75, 3.05) is 5.75 Å². The second kappa shape index (κ2) is 5.53. The number of rotatable bonds is 4. The molecule has 88 valence electrons. The van der Waals surface area contributed by atoms with E-state index in [1.807, 2.05) is 18.2 Å². The fourth-order valence-corrected chi connectivity index (χ4v) is 2.06. The van der Waals surface area contributed by atoms with Crippen molar-refractivity contribution in [3.05, 3.63) is 35.4 Å². The number of aryl methyl sites for hydroxylation is 1. The molecular weight excluding hydrogens is 216 g/mol. The molecule has 16 heavy (non-hydrogen) atoms. The lowest BCUT2D eigenvalue weighted by Gasteiger charge is -2.16. The van der Waals surface area contributed by atoms with Crippen LogP contribution in [-0.2, 0) is 11.2 Å². The summed E-state index contributed by atoms with van der Waals surface area (Å²) in [5.74, 6) is 0.923. The summed E-state index contributed by atoms with van der Waals surface area (Å²) in [7, 11) is 0. The van der Waals surface area contributed by atoms with E-state index in [1.165, 1.54) is 5.56 Å². The van der Waals surface area contributed by atoms with Crippen LogP contribution in [0.25, 0.3) is 0 Å². The Morgan fingerprint density at radius 3 is 2.44 bits per heavy atom. The molecule has 1 nitrogen and oxygen atoms in total. The summed E-state index contributed by atoms with van der Waals surface area (Å²) < 4.78 is 0.168. The Kier molecular flexibility index (Phi) is 4.60. The topological polar surface area (TPSA) is 17.1 Å². The van der Waals surface area contributed by atoms with Gasteiger partial charge in [0.2, 0.25) is 0 Å². The number of carbonyl (C=O) groups is 1. The number of benzene rings is 1. The average Bonchev–Trinajstić information content (AvgIpc) is 2.18. The lowest BCUT2D eigenvalue weighted by molar-refractivity contribution is -0.116. The van der Waals surface area contributed by atoms with Crippen LogP contribution in [0, 0.1) is 6.92 Å². The first-order chi connectivity index (χ1) is 7.38. The molecule has 0 amide bonds. The molecule has 0 aliphatic heterocycles. The predicted molar refractivity (Wildman–Crippen MR) is 72.1 cm³/mol. The summed E-state index contributed by atoms with van der Waals surface area (Å²) >= 11 is 1.72. The predicted octanol–water partition coefficient (Wildman–Crippen LogP) is 3.64. The van der Waals surface area contributed by atoms with Gasteiger partial charge in [0.05, 0.1) is 5.75 Å². The highest BCUT2D eigenvalue weighted by Crippen LogP contribution is 2.23. The van der Waals surface area contributed by atoms with Crippen molar-refractivity contribution in [3.63, 3.8) is 0 Å². The standard InChI is InChI=1S/C14H20OS/c1-11-7-5-6-8-12(11)9-13(15)10-16-14(2,3)4/h5-8H,9-10H2,1-4H3. The molecule has 0 fully saturated rings. The van der Waals surface area contributed by atoms with Crippen LogP contribution in [-0.4, -0.2) is 16.3 Å².